The van der Waals surface area contributed by atoms with Gasteiger partial charge >= 0.3 is 12.3 Å². The number of piperidine rings is 1. The maximum absolute atomic E-state index is 13.8. The van der Waals surface area contributed by atoms with Crippen LogP contribution < -0.4 is 0 Å². The fraction of sp³-hybridized carbons (Fsp3) is 0.381. The van der Waals surface area contributed by atoms with Gasteiger partial charge in [-0.2, -0.15) is 13.2 Å². The first-order valence-electron chi connectivity index (χ1n) is 10.4. The van der Waals surface area contributed by atoms with Crippen molar-refractivity contribution in [3.63, 3.8) is 0 Å². The van der Waals surface area contributed by atoms with Crippen LogP contribution in [0.1, 0.15) is 22.5 Å². The number of likely N-dealkylation sites (tertiary alicyclic amines) is 1. The number of carbonyl (C=O) groups is 2. The number of hydrogen-bond acceptors (Lipinski definition) is 6. The van der Waals surface area contributed by atoms with Crippen LogP contribution in [0.2, 0.25) is 5.15 Å². The van der Waals surface area contributed by atoms with E-state index in [4.69, 9.17) is 20.8 Å². The molecular formula is C21H18ClF3N4O5. The Morgan fingerprint density at radius 2 is 2.06 bits per heavy atom. The maximum atomic E-state index is 13.8. The largest absolute Gasteiger partial charge is 0.472 e. The first-order chi connectivity index (χ1) is 16.1. The number of imidazole rings is 1. The molecule has 0 spiro atoms. The molecule has 2 aliphatic rings. The van der Waals surface area contributed by atoms with E-state index in [0.29, 0.717) is 12.1 Å². The highest BCUT2D eigenvalue weighted by Crippen LogP contribution is 2.37. The van der Waals surface area contributed by atoms with Crippen LogP contribution in [0, 0.1) is 0 Å². The van der Waals surface area contributed by atoms with Crippen LogP contribution in [0.5, 0.6) is 0 Å². The summed E-state index contributed by atoms with van der Waals surface area (Å²) in [4.78, 5) is 31.6. The number of hydrogen-bond donors (Lipinski definition) is 1. The summed E-state index contributed by atoms with van der Waals surface area (Å²) in [6.45, 7) is 0.584. The molecule has 3 aromatic heterocycles. The molecule has 5 heterocycles. The minimum atomic E-state index is -4.76. The highest BCUT2D eigenvalue weighted by Gasteiger charge is 2.40. The number of β-amino-alcohol motifs (C(OH)–C–C–N with tert-alkyl or cyclic N) is 1. The van der Waals surface area contributed by atoms with Crippen molar-refractivity contribution in [3.05, 3.63) is 47.3 Å². The lowest BCUT2D eigenvalue weighted by Crippen LogP contribution is -2.55. The molecule has 2 saturated heterocycles. The number of amides is 2. The quantitative estimate of drug-likeness (QED) is 0.595. The van der Waals surface area contributed by atoms with Gasteiger partial charge in [0.25, 0.3) is 5.91 Å². The number of halogens is 4. The summed E-state index contributed by atoms with van der Waals surface area (Å²) in [5.74, 6) is -0.715. The van der Waals surface area contributed by atoms with Crippen molar-refractivity contribution in [2.45, 2.75) is 24.7 Å². The lowest BCUT2D eigenvalue weighted by Gasteiger charge is -2.38. The van der Waals surface area contributed by atoms with E-state index < -0.39 is 41.5 Å². The average Bonchev–Trinajstić information content (AvgIpc) is 3.53. The van der Waals surface area contributed by atoms with Crippen molar-refractivity contribution < 1.29 is 37.0 Å². The fourth-order valence-corrected chi connectivity index (χ4v) is 4.62. The molecule has 0 bridgehead atoms. The Morgan fingerprint density at radius 1 is 1.26 bits per heavy atom. The lowest BCUT2D eigenvalue weighted by molar-refractivity contribution is -0.136. The third kappa shape index (κ3) is 3.76. The number of furan rings is 1. The third-order valence-corrected chi connectivity index (χ3v) is 6.41. The van der Waals surface area contributed by atoms with Crippen LogP contribution in [-0.2, 0) is 10.9 Å². The van der Waals surface area contributed by atoms with Crippen molar-refractivity contribution in [1.82, 2.24) is 19.2 Å². The molecule has 13 heteroatoms. The molecule has 3 aromatic rings. The van der Waals surface area contributed by atoms with E-state index in [2.05, 4.69) is 4.98 Å². The minimum absolute atomic E-state index is 0.135. The zero-order chi connectivity index (χ0) is 24.2. The molecule has 2 fully saturated rings. The van der Waals surface area contributed by atoms with Gasteiger partial charge in [0.05, 0.1) is 36.8 Å². The maximum Gasteiger partial charge on any atom is 0.420 e. The van der Waals surface area contributed by atoms with E-state index in [1.165, 1.54) is 34.6 Å². The highest BCUT2D eigenvalue weighted by atomic mass is 35.5. The van der Waals surface area contributed by atoms with E-state index in [1.807, 2.05) is 0 Å². The molecule has 1 N–H and O–H groups in total. The molecule has 0 aliphatic carbocycles. The highest BCUT2D eigenvalue weighted by molar-refractivity contribution is 6.33. The number of nitrogens with zero attached hydrogens (tertiary/aromatic N) is 4. The molecule has 5 rings (SSSR count). The molecule has 34 heavy (non-hydrogen) atoms. The van der Waals surface area contributed by atoms with Gasteiger partial charge in [-0.15, -0.1) is 0 Å². The summed E-state index contributed by atoms with van der Waals surface area (Å²) in [5.41, 5.74) is -1.35. The molecule has 0 unspecified atom stereocenters. The van der Waals surface area contributed by atoms with Crippen molar-refractivity contribution in [3.8, 4) is 11.1 Å². The van der Waals surface area contributed by atoms with Gasteiger partial charge in [-0.05, 0) is 18.6 Å². The molecule has 2 atom stereocenters. The smallest absolute Gasteiger partial charge is 0.420 e. The van der Waals surface area contributed by atoms with Crippen LogP contribution >= 0.6 is 11.6 Å². The number of ether oxygens (including phenoxy) is 1. The SMILES string of the molecule is O=C(c1nc2c(C(F)(F)F)cc(-c3ccoc3)cn2c1Cl)N1CC[C@H](N2CCOC2=O)[C@@H](O)C1. The summed E-state index contributed by atoms with van der Waals surface area (Å²) >= 11 is 6.34. The van der Waals surface area contributed by atoms with Gasteiger partial charge in [0.15, 0.2) is 11.3 Å². The summed E-state index contributed by atoms with van der Waals surface area (Å²) in [7, 11) is 0. The Kier molecular flexibility index (Phi) is 5.44. The molecule has 9 nitrogen and oxygen atoms in total. The van der Waals surface area contributed by atoms with Crippen LogP contribution in [0.15, 0.2) is 35.3 Å². The number of fused-ring (bicyclic) bond motifs is 1. The Balaban J connectivity index is 1.48. The van der Waals surface area contributed by atoms with Gasteiger partial charge in [0.2, 0.25) is 0 Å². The monoisotopic (exact) mass is 498 g/mol. The van der Waals surface area contributed by atoms with E-state index in [0.717, 1.165) is 10.5 Å². The second-order valence-corrected chi connectivity index (χ2v) is 8.44. The zero-order valence-electron chi connectivity index (χ0n) is 17.5. The molecule has 2 amide bonds. The Labute approximate surface area is 195 Å². The van der Waals surface area contributed by atoms with E-state index in [-0.39, 0.29) is 42.5 Å². The topological polar surface area (TPSA) is 101 Å². The zero-order valence-corrected chi connectivity index (χ0v) is 18.2. The Bertz CT molecular complexity index is 1260. The number of cyclic esters (lactones) is 1. The van der Waals surface area contributed by atoms with Gasteiger partial charge in [0.1, 0.15) is 11.8 Å². The first-order valence-corrected chi connectivity index (χ1v) is 10.7. The van der Waals surface area contributed by atoms with E-state index >= 15 is 0 Å². The molecular weight excluding hydrogens is 481 g/mol. The molecule has 0 radical (unpaired) electrons. The number of pyridine rings is 1. The second kappa shape index (κ2) is 8.20. The van der Waals surface area contributed by atoms with Gasteiger partial charge in [-0.3, -0.25) is 14.1 Å². The molecule has 0 aromatic carbocycles. The van der Waals surface area contributed by atoms with Gasteiger partial charge in [-0.25, -0.2) is 9.78 Å². The van der Waals surface area contributed by atoms with Crippen molar-refractivity contribution in [2.24, 2.45) is 0 Å². The predicted octanol–water partition coefficient (Wildman–Crippen LogP) is 3.29. The lowest BCUT2D eigenvalue weighted by atomic mass is 10.00. The number of rotatable bonds is 3. The summed E-state index contributed by atoms with van der Waals surface area (Å²) in [6, 6.07) is 1.90. The molecule has 0 saturated carbocycles. The normalized spacial score (nSPS) is 21.4. The van der Waals surface area contributed by atoms with Crippen molar-refractivity contribution in [1.29, 1.82) is 0 Å². The average molecular weight is 499 g/mol. The van der Waals surface area contributed by atoms with Gasteiger partial charge in [0, 0.05) is 30.4 Å². The first kappa shape index (κ1) is 22.5. The number of aliphatic hydroxyl groups excluding tert-OH is 1. The predicted molar refractivity (Wildman–Crippen MR) is 111 cm³/mol. The number of aromatic nitrogens is 2. The van der Waals surface area contributed by atoms with Crippen LogP contribution in [0.4, 0.5) is 18.0 Å². The Morgan fingerprint density at radius 3 is 2.68 bits per heavy atom. The third-order valence-electron chi connectivity index (χ3n) is 6.05. The minimum Gasteiger partial charge on any atom is -0.472 e. The molecule has 2 aliphatic heterocycles. The van der Waals surface area contributed by atoms with Crippen molar-refractivity contribution in [2.75, 3.05) is 26.2 Å². The number of alkyl halides is 3. The Hall–Kier alpha value is -3.25. The van der Waals surface area contributed by atoms with Crippen LogP contribution in [-0.4, -0.2) is 74.7 Å². The van der Waals surface area contributed by atoms with Gasteiger partial charge < -0.3 is 19.2 Å². The molecule has 180 valence electrons. The van der Waals surface area contributed by atoms with E-state index in [1.54, 1.807) is 0 Å². The second-order valence-electron chi connectivity index (χ2n) is 8.08. The van der Waals surface area contributed by atoms with Crippen LogP contribution in [0.3, 0.4) is 0 Å². The summed E-state index contributed by atoms with van der Waals surface area (Å²) in [6.07, 6.45) is -2.10. The van der Waals surface area contributed by atoms with Crippen LogP contribution in [0.25, 0.3) is 16.8 Å². The summed E-state index contributed by atoms with van der Waals surface area (Å²) in [5, 5.41) is 10.3. The van der Waals surface area contributed by atoms with E-state index in [9.17, 15) is 27.9 Å². The number of carbonyl (C=O) groups excluding carboxylic acids is 2. The van der Waals surface area contributed by atoms with Gasteiger partial charge in [-0.1, -0.05) is 11.6 Å². The number of aliphatic hydroxyl groups is 1. The standard InChI is InChI=1S/C21H18ClF3N4O5/c22-17-16(19(31)27-3-1-14(15(30)9-27)28-4-6-34-20(28)32)26-18-13(21(23,24)25)7-12(8-29(17)18)11-2-5-33-10-11/h2,5,7-8,10,14-15,30H,1,3-4,6,9H2/t14-,15-/m0/s1. The summed E-state index contributed by atoms with van der Waals surface area (Å²) < 4.78 is 52.3. The van der Waals surface area contributed by atoms with Crippen molar-refractivity contribution >= 4 is 29.2 Å². The fourth-order valence-electron chi connectivity index (χ4n) is 4.37.